The maximum absolute atomic E-state index is 5.41. The first-order chi connectivity index (χ1) is 7.36. The summed E-state index contributed by atoms with van der Waals surface area (Å²) >= 11 is 0. The van der Waals surface area contributed by atoms with Crippen LogP contribution in [0, 0.1) is 0 Å². The van der Waals surface area contributed by atoms with E-state index in [1.807, 2.05) is 12.1 Å². The molecule has 0 bridgehead atoms. The normalized spacial score (nSPS) is 24.5. The second-order valence-electron chi connectivity index (χ2n) is 6.12. The van der Waals surface area contributed by atoms with E-state index < -0.39 is 0 Å². The number of rotatable bonds is 2. The summed E-state index contributed by atoms with van der Waals surface area (Å²) in [5.41, 5.74) is 0.322. The van der Waals surface area contributed by atoms with Gasteiger partial charge in [-0.1, -0.05) is 0 Å². The Morgan fingerprint density at radius 1 is 1.25 bits per heavy atom. The van der Waals surface area contributed by atoms with E-state index in [1.165, 1.54) is 0 Å². The van der Waals surface area contributed by atoms with Gasteiger partial charge in [0, 0.05) is 24.2 Å². The van der Waals surface area contributed by atoms with E-state index in [-0.39, 0.29) is 11.1 Å². The molecule has 90 valence electrons. The summed E-state index contributed by atoms with van der Waals surface area (Å²) in [4.78, 5) is 2.45. The van der Waals surface area contributed by atoms with Gasteiger partial charge in [0.05, 0.1) is 12.8 Å². The lowest BCUT2D eigenvalue weighted by molar-refractivity contribution is 0.0680. The molecule has 1 aliphatic rings. The highest BCUT2D eigenvalue weighted by atomic mass is 16.3. The highest BCUT2D eigenvalue weighted by Crippen LogP contribution is 2.22. The highest BCUT2D eigenvalue weighted by molar-refractivity contribution is 5.02. The maximum Gasteiger partial charge on any atom is 0.117 e. The summed E-state index contributed by atoms with van der Waals surface area (Å²) in [5.74, 6) is 1.05. The van der Waals surface area contributed by atoms with Crippen LogP contribution in [0.5, 0.6) is 0 Å². The van der Waals surface area contributed by atoms with Crippen molar-refractivity contribution >= 4 is 0 Å². The van der Waals surface area contributed by atoms with Crippen LogP contribution in [0.2, 0.25) is 0 Å². The van der Waals surface area contributed by atoms with Crippen LogP contribution in [0.3, 0.4) is 0 Å². The second kappa shape index (κ2) is 3.90. The van der Waals surface area contributed by atoms with Gasteiger partial charge in [0.25, 0.3) is 0 Å². The number of nitrogens with one attached hydrogen (secondary N) is 1. The van der Waals surface area contributed by atoms with Crippen molar-refractivity contribution in [1.82, 2.24) is 10.2 Å². The summed E-state index contributed by atoms with van der Waals surface area (Å²) in [5, 5.41) is 3.67. The summed E-state index contributed by atoms with van der Waals surface area (Å²) < 4.78 is 5.41. The lowest BCUT2D eigenvalue weighted by atomic mass is 9.91. The molecular formula is C13H22N2O. The molecule has 2 rings (SSSR count). The molecule has 1 saturated heterocycles. The van der Waals surface area contributed by atoms with E-state index in [1.54, 1.807) is 6.26 Å². The van der Waals surface area contributed by atoms with Crippen molar-refractivity contribution in [2.24, 2.45) is 0 Å². The molecule has 0 amide bonds. The molecular weight excluding hydrogens is 200 g/mol. The molecule has 3 nitrogen and oxygen atoms in total. The molecule has 1 fully saturated rings. The Balaban J connectivity index is 2.05. The Labute approximate surface area is 97.8 Å². The molecule has 1 N–H and O–H groups in total. The summed E-state index contributed by atoms with van der Waals surface area (Å²) in [6.45, 7) is 12.0. The Kier molecular flexibility index (Phi) is 2.84. The monoisotopic (exact) mass is 222 g/mol. The first-order valence-electron chi connectivity index (χ1n) is 5.90. The van der Waals surface area contributed by atoms with Crippen molar-refractivity contribution < 1.29 is 4.42 Å². The van der Waals surface area contributed by atoms with Crippen LogP contribution in [0.25, 0.3) is 0 Å². The van der Waals surface area contributed by atoms with Crippen molar-refractivity contribution in [3.63, 3.8) is 0 Å². The zero-order valence-electron chi connectivity index (χ0n) is 10.7. The van der Waals surface area contributed by atoms with Gasteiger partial charge in [-0.15, -0.1) is 0 Å². The van der Waals surface area contributed by atoms with Crippen LogP contribution in [0.4, 0.5) is 0 Å². The highest BCUT2D eigenvalue weighted by Gasteiger charge is 2.36. The minimum atomic E-state index is 0.161. The van der Waals surface area contributed by atoms with E-state index in [4.69, 9.17) is 4.42 Å². The molecule has 16 heavy (non-hydrogen) atoms. The number of hydrogen-bond donors (Lipinski definition) is 1. The van der Waals surface area contributed by atoms with Crippen LogP contribution in [-0.2, 0) is 6.54 Å². The molecule has 1 aromatic rings. The molecule has 1 aliphatic heterocycles. The van der Waals surface area contributed by atoms with Crippen LogP contribution >= 0.6 is 0 Å². The third-order valence-corrected chi connectivity index (χ3v) is 2.87. The number of hydrogen-bond acceptors (Lipinski definition) is 3. The molecule has 3 heteroatoms. The summed E-state index contributed by atoms with van der Waals surface area (Å²) in [7, 11) is 0. The van der Waals surface area contributed by atoms with Crippen molar-refractivity contribution in [2.75, 3.05) is 13.1 Å². The zero-order chi connectivity index (χ0) is 11.8. The van der Waals surface area contributed by atoms with E-state index in [2.05, 4.69) is 37.9 Å². The van der Waals surface area contributed by atoms with Crippen LogP contribution in [-0.4, -0.2) is 29.1 Å². The van der Waals surface area contributed by atoms with Gasteiger partial charge in [-0.2, -0.15) is 0 Å². The van der Waals surface area contributed by atoms with Crippen molar-refractivity contribution in [2.45, 2.75) is 45.3 Å². The van der Waals surface area contributed by atoms with Crippen molar-refractivity contribution in [3.8, 4) is 0 Å². The van der Waals surface area contributed by atoms with E-state index >= 15 is 0 Å². The van der Waals surface area contributed by atoms with Gasteiger partial charge < -0.3 is 9.73 Å². The van der Waals surface area contributed by atoms with Crippen molar-refractivity contribution in [3.05, 3.63) is 24.2 Å². The maximum atomic E-state index is 5.41. The SMILES string of the molecule is CC1(C)CN(Cc2ccco2)CC(C)(C)N1. The number of nitrogens with zero attached hydrogens (tertiary/aromatic N) is 1. The quantitative estimate of drug-likeness (QED) is 0.832. The molecule has 0 atom stereocenters. The van der Waals surface area contributed by atoms with Gasteiger partial charge in [0.2, 0.25) is 0 Å². The molecule has 0 saturated carbocycles. The first kappa shape index (κ1) is 11.7. The van der Waals surface area contributed by atoms with Crippen LogP contribution in [0.15, 0.2) is 22.8 Å². The topological polar surface area (TPSA) is 28.4 Å². The Morgan fingerprint density at radius 3 is 2.38 bits per heavy atom. The fourth-order valence-electron chi connectivity index (χ4n) is 2.90. The molecule has 0 spiro atoms. The third-order valence-electron chi connectivity index (χ3n) is 2.87. The molecule has 0 aliphatic carbocycles. The fourth-order valence-corrected chi connectivity index (χ4v) is 2.90. The predicted octanol–water partition coefficient (Wildman–Crippen LogP) is 2.24. The second-order valence-corrected chi connectivity index (χ2v) is 6.12. The molecule has 0 radical (unpaired) electrons. The van der Waals surface area contributed by atoms with Gasteiger partial charge in [-0.3, -0.25) is 4.90 Å². The average Bonchev–Trinajstić information content (AvgIpc) is 2.49. The van der Waals surface area contributed by atoms with Gasteiger partial charge in [-0.25, -0.2) is 0 Å². The van der Waals surface area contributed by atoms with E-state index in [0.717, 1.165) is 25.4 Å². The predicted molar refractivity (Wildman–Crippen MR) is 65.3 cm³/mol. The van der Waals surface area contributed by atoms with Gasteiger partial charge in [-0.05, 0) is 39.8 Å². The zero-order valence-corrected chi connectivity index (χ0v) is 10.7. The molecule has 0 aromatic carbocycles. The largest absolute Gasteiger partial charge is 0.468 e. The van der Waals surface area contributed by atoms with Gasteiger partial charge in [0.1, 0.15) is 5.76 Å². The van der Waals surface area contributed by atoms with Gasteiger partial charge >= 0.3 is 0 Å². The number of piperazine rings is 1. The number of furan rings is 1. The lowest BCUT2D eigenvalue weighted by Crippen LogP contribution is -2.66. The lowest BCUT2D eigenvalue weighted by Gasteiger charge is -2.48. The van der Waals surface area contributed by atoms with Crippen LogP contribution < -0.4 is 5.32 Å². The minimum Gasteiger partial charge on any atom is -0.468 e. The standard InChI is InChI=1S/C13H22N2O/c1-12(2)9-15(10-13(3,4)14-12)8-11-6-5-7-16-11/h5-7,14H,8-10H2,1-4H3. The third kappa shape index (κ3) is 2.86. The Hall–Kier alpha value is -0.800. The molecule has 2 heterocycles. The minimum absolute atomic E-state index is 0.161. The summed E-state index contributed by atoms with van der Waals surface area (Å²) in [6.07, 6.45) is 1.74. The smallest absolute Gasteiger partial charge is 0.117 e. The van der Waals surface area contributed by atoms with Crippen LogP contribution in [0.1, 0.15) is 33.5 Å². The summed E-state index contributed by atoms with van der Waals surface area (Å²) in [6, 6.07) is 4.00. The Bertz CT molecular complexity index is 325. The molecule has 1 aromatic heterocycles. The molecule has 0 unspecified atom stereocenters. The van der Waals surface area contributed by atoms with E-state index in [9.17, 15) is 0 Å². The Morgan fingerprint density at radius 2 is 1.88 bits per heavy atom. The average molecular weight is 222 g/mol. The fraction of sp³-hybridized carbons (Fsp3) is 0.692. The first-order valence-corrected chi connectivity index (χ1v) is 5.90. The van der Waals surface area contributed by atoms with E-state index in [0.29, 0.717) is 0 Å². The van der Waals surface area contributed by atoms with Crippen molar-refractivity contribution in [1.29, 1.82) is 0 Å². The van der Waals surface area contributed by atoms with Gasteiger partial charge in [0.15, 0.2) is 0 Å².